The van der Waals surface area contributed by atoms with E-state index in [4.69, 9.17) is 5.73 Å². The first kappa shape index (κ1) is 16.5. The third-order valence-electron chi connectivity index (χ3n) is 5.15. The normalized spacial score (nSPS) is 18.2. The van der Waals surface area contributed by atoms with Crippen LogP contribution in [0.4, 0.5) is 0 Å². The molecular formula is C19H32N2. The molecule has 21 heavy (non-hydrogen) atoms. The number of benzene rings is 1. The van der Waals surface area contributed by atoms with Crippen LogP contribution in [0.1, 0.15) is 63.5 Å². The van der Waals surface area contributed by atoms with Gasteiger partial charge >= 0.3 is 0 Å². The highest BCUT2D eigenvalue weighted by Crippen LogP contribution is 2.28. The second-order valence-corrected chi connectivity index (χ2v) is 6.81. The molecule has 0 spiro atoms. The Morgan fingerprint density at radius 1 is 1.10 bits per heavy atom. The number of nitrogens with two attached hydrogens (primary N) is 1. The highest BCUT2D eigenvalue weighted by molar-refractivity contribution is 5.29. The van der Waals surface area contributed by atoms with Gasteiger partial charge in [0.05, 0.1) is 0 Å². The molecule has 1 aromatic rings. The van der Waals surface area contributed by atoms with E-state index >= 15 is 0 Å². The smallest absolute Gasteiger partial charge is 0.0307 e. The van der Waals surface area contributed by atoms with Gasteiger partial charge in [-0.2, -0.15) is 0 Å². The van der Waals surface area contributed by atoms with Crippen LogP contribution in [0.15, 0.2) is 24.3 Å². The van der Waals surface area contributed by atoms with Gasteiger partial charge in [0.1, 0.15) is 0 Å². The molecule has 0 saturated carbocycles. The van der Waals surface area contributed by atoms with Crippen LogP contribution >= 0.6 is 0 Å². The number of fused-ring (bicyclic) bond motifs is 1. The lowest BCUT2D eigenvalue weighted by Crippen LogP contribution is -2.53. The first-order valence-corrected chi connectivity index (χ1v) is 8.71. The van der Waals surface area contributed by atoms with Crippen LogP contribution in [-0.2, 0) is 13.0 Å². The highest BCUT2D eigenvalue weighted by Gasteiger charge is 2.32. The molecular weight excluding hydrogens is 256 g/mol. The summed E-state index contributed by atoms with van der Waals surface area (Å²) in [6.07, 6.45) is 9.13. The van der Waals surface area contributed by atoms with Crippen LogP contribution < -0.4 is 5.73 Å². The van der Waals surface area contributed by atoms with E-state index in [1.54, 1.807) is 0 Å². The summed E-state index contributed by atoms with van der Waals surface area (Å²) in [6.45, 7) is 7.62. The summed E-state index contributed by atoms with van der Waals surface area (Å²) in [5.41, 5.74) is 9.34. The zero-order valence-corrected chi connectivity index (χ0v) is 13.9. The first-order chi connectivity index (χ1) is 10.2. The molecule has 1 aromatic carbocycles. The van der Waals surface area contributed by atoms with E-state index in [0.29, 0.717) is 0 Å². The fourth-order valence-electron chi connectivity index (χ4n) is 3.46. The van der Waals surface area contributed by atoms with Gasteiger partial charge in [-0.3, -0.25) is 4.90 Å². The van der Waals surface area contributed by atoms with Crippen molar-refractivity contribution in [1.29, 1.82) is 0 Å². The Bertz CT molecular complexity index is 429. The quantitative estimate of drug-likeness (QED) is 0.729. The minimum atomic E-state index is 0.166. The molecule has 1 aliphatic rings. The number of unbranched alkanes of at least 4 members (excludes halogenated alkanes) is 4. The molecule has 1 heterocycles. The second kappa shape index (κ2) is 7.95. The van der Waals surface area contributed by atoms with E-state index < -0.39 is 0 Å². The van der Waals surface area contributed by atoms with Gasteiger partial charge < -0.3 is 5.73 Å². The van der Waals surface area contributed by atoms with Gasteiger partial charge in [0, 0.05) is 25.2 Å². The van der Waals surface area contributed by atoms with Crippen molar-refractivity contribution in [3.8, 4) is 0 Å². The predicted octanol–water partition coefficient (Wildman–Crippen LogP) is 4.12. The van der Waals surface area contributed by atoms with Crippen molar-refractivity contribution < 1.29 is 0 Å². The van der Waals surface area contributed by atoms with Crippen LogP contribution in [-0.4, -0.2) is 23.5 Å². The van der Waals surface area contributed by atoms with Crippen molar-refractivity contribution >= 4 is 0 Å². The molecule has 2 nitrogen and oxygen atoms in total. The first-order valence-electron chi connectivity index (χ1n) is 8.71. The molecule has 118 valence electrons. The van der Waals surface area contributed by atoms with E-state index in [0.717, 1.165) is 19.6 Å². The summed E-state index contributed by atoms with van der Waals surface area (Å²) >= 11 is 0. The van der Waals surface area contributed by atoms with Crippen LogP contribution in [0, 0.1) is 0 Å². The third-order valence-corrected chi connectivity index (χ3v) is 5.15. The summed E-state index contributed by atoms with van der Waals surface area (Å²) in [7, 11) is 0. The maximum atomic E-state index is 6.16. The van der Waals surface area contributed by atoms with Gasteiger partial charge in [0.15, 0.2) is 0 Å². The minimum Gasteiger partial charge on any atom is -0.329 e. The molecule has 0 radical (unpaired) electrons. The fourth-order valence-corrected chi connectivity index (χ4v) is 3.46. The van der Waals surface area contributed by atoms with Gasteiger partial charge in [-0.1, -0.05) is 63.3 Å². The number of rotatable bonds is 8. The van der Waals surface area contributed by atoms with Crippen LogP contribution in [0.25, 0.3) is 0 Å². The molecule has 0 saturated heterocycles. The largest absolute Gasteiger partial charge is 0.329 e. The fraction of sp³-hybridized carbons (Fsp3) is 0.684. The maximum absolute atomic E-state index is 6.16. The molecule has 1 aliphatic heterocycles. The van der Waals surface area contributed by atoms with Crippen LogP contribution in [0.5, 0.6) is 0 Å². The number of hydrogen-bond donors (Lipinski definition) is 1. The van der Waals surface area contributed by atoms with Crippen molar-refractivity contribution in [3.05, 3.63) is 35.4 Å². The van der Waals surface area contributed by atoms with E-state index in [-0.39, 0.29) is 5.54 Å². The molecule has 1 unspecified atom stereocenters. The lowest BCUT2D eigenvalue weighted by molar-refractivity contribution is 0.0840. The minimum absolute atomic E-state index is 0.166. The predicted molar refractivity (Wildman–Crippen MR) is 91.4 cm³/mol. The molecule has 0 aliphatic carbocycles. The van der Waals surface area contributed by atoms with Gasteiger partial charge in [-0.05, 0) is 30.9 Å². The van der Waals surface area contributed by atoms with Gasteiger partial charge in [-0.15, -0.1) is 0 Å². The lowest BCUT2D eigenvalue weighted by Gasteiger charge is -2.43. The van der Waals surface area contributed by atoms with E-state index in [9.17, 15) is 0 Å². The molecule has 2 N–H and O–H groups in total. The molecule has 0 bridgehead atoms. The molecule has 0 amide bonds. The second-order valence-electron chi connectivity index (χ2n) is 6.81. The SMILES string of the molecule is CCCCCCCC(C)(CN)N1CCc2ccccc2C1. The molecule has 2 rings (SSSR count). The highest BCUT2D eigenvalue weighted by atomic mass is 15.2. The number of hydrogen-bond acceptors (Lipinski definition) is 2. The Labute approximate surface area is 130 Å². The Balaban J connectivity index is 1.91. The maximum Gasteiger partial charge on any atom is 0.0307 e. The van der Waals surface area contributed by atoms with Crippen molar-refractivity contribution in [2.75, 3.05) is 13.1 Å². The standard InChI is InChI=1S/C19H32N2/c1-3-4-5-6-9-13-19(2,16-20)21-14-12-17-10-7-8-11-18(17)15-21/h7-8,10-11H,3-6,9,12-16,20H2,1-2H3. The van der Waals surface area contributed by atoms with E-state index in [1.165, 1.54) is 56.1 Å². The molecule has 1 atom stereocenters. The van der Waals surface area contributed by atoms with Crippen molar-refractivity contribution in [3.63, 3.8) is 0 Å². The molecule has 0 aromatic heterocycles. The molecule has 0 fully saturated rings. The monoisotopic (exact) mass is 288 g/mol. The zero-order valence-electron chi connectivity index (χ0n) is 13.9. The summed E-state index contributed by atoms with van der Waals surface area (Å²) < 4.78 is 0. The Morgan fingerprint density at radius 3 is 2.52 bits per heavy atom. The Hall–Kier alpha value is -0.860. The third kappa shape index (κ3) is 4.31. The van der Waals surface area contributed by atoms with E-state index in [2.05, 4.69) is 43.0 Å². The summed E-state index contributed by atoms with van der Waals surface area (Å²) in [5, 5.41) is 0. The molecule has 2 heteroatoms. The zero-order chi connectivity index (χ0) is 15.1. The van der Waals surface area contributed by atoms with Crippen molar-refractivity contribution in [2.45, 2.75) is 70.9 Å². The lowest BCUT2D eigenvalue weighted by atomic mass is 9.88. The van der Waals surface area contributed by atoms with Gasteiger partial charge in [0.2, 0.25) is 0 Å². The summed E-state index contributed by atoms with van der Waals surface area (Å²) in [6, 6.07) is 8.87. The summed E-state index contributed by atoms with van der Waals surface area (Å²) in [5.74, 6) is 0. The van der Waals surface area contributed by atoms with Gasteiger partial charge in [0.25, 0.3) is 0 Å². The topological polar surface area (TPSA) is 29.3 Å². The average Bonchev–Trinajstić information content (AvgIpc) is 2.54. The van der Waals surface area contributed by atoms with Crippen molar-refractivity contribution in [2.24, 2.45) is 5.73 Å². The van der Waals surface area contributed by atoms with Crippen LogP contribution in [0.2, 0.25) is 0 Å². The van der Waals surface area contributed by atoms with Gasteiger partial charge in [-0.25, -0.2) is 0 Å². The summed E-state index contributed by atoms with van der Waals surface area (Å²) in [4.78, 5) is 2.62. The Kier molecular flexibility index (Phi) is 6.25. The van der Waals surface area contributed by atoms with E-state index in [1.807, 2.05) is 0 Å². The number of nitrogens with zero attached hydrogens (tertiary/aromatic N) is 1. The van der Waals surface area contributed by atoms with Crippen molar-refractivity contribution in [1.82, 2.24) is 4.90 Å². The Morgan fingerprint density at radius 2 is 1.81 bits per heavy atom. The van der Waals surface area contributed by atoms with Crippen LogP contribution in [0.3, 0.4) is 0 Å². The average molecular weight is 288 g/mol.